The second kappa shape index (κ2) is 12.0. The molecule has 3 aromatic rings. The molecule has 10 heteroatoms. The van der Waals surface area contributed by atoms with Crippen LogP contribution in [-0.2, 0) is 4.74 Å². The van der Waals surface area contributed by atoms with E-state index < -0.39 is 0 Å². The fraction of sp³-hybridized carbons (Fsp3) is 0.304. The summed E-state index contributed by atoms with van der Waals surface area (Å²) in [6, 6.07) is 10.3. The van der Waals surface area contributed by atoms with Crippen molar-refractivity contribution in [1.82, 2.24) is 15.0 Å². The number of aromatic nitrogens is 3. The molecule has 174 valence electrons. The van der Waals surface area contributed by atoms with Gasteiger partial charge in [0.1, 0.15) is 0 Å². The van der Waals surface area contributed by atoms with Gasteiger partial charge in [-0.2, -0.15) is 0 Å². The summed E-state index contributed by atoms with van der Waals surface area (Å²) in [6.07, 6.45) is 3.21. The quantitative estimate of drug-likeness (QED) is 0.521. The largest absolute Gasteiger partial charge is 0.490 e. The number of amides is 2. The number of nitrogens with one attached hydrogen (secondary N) is 2. The molecule has 0 aliphatic carbocycles. The van der Waals surface area contributed by atoms with Crippen LogP contribution in [0.15, 0.2) is 48.8 Å². The lowest BCUT2D eigenvalue weighted by atomic mass is 10.2. The van der Waals surface area contributed by atoms with E-state index in [1.54, 1.807) is 43.8 Å². The summed E-state index contributed by atoms with van der Waals surface area (Å²) in [5.74, 6) is 1.55. The van der Waals surface area contributed by atoms with Gasteiger partial charge in [-0.1, -0.05) is 25.4 Å². The number of morpholine rings is 1. The molecule has 0 unspecified atom stereocenters. The predicted molar refractivity (Wildman–Crippen MR) is 130 cm³/mol. The van der Waals surface area contributed by atoms with Crippen molar-refractivity contribution < 1.29 is 14.3 Å². The Morgan fingerprint density at radius 1 is 1.00 bits per heavy atom. The second-order valence-corrected chi connectivity index (χ2v) is 7.04. The summed E-state index contributed by atoms with van der Waals surface area (Å²) >= 11 is 6.38. The summed E-state index contributed by atoms with van der Waals surface area (Å²) in [6.45, 7) is 6.61. The number of carbonyl (C=O) groups is 1. The molecular weight excluding hydrogens is 444 g/mol. The average molecular weight is 471 g/mol. The Bertz CT molecular complexity index is 1040. The first-order valence-corrected chi connectivity index (χ1v) is 11.0. The average Bonchev–Trinajstić information content (AvgIpc) is 2.86. The maximum Gasteiger partial charge on any atom is 0.323 e. The van der Waals surface area contributed by atoms with E-state index in [1.165, 1.54) is 0 Å². The van der Waals surface area contributed by atoms with E-state index in [4.69, 9.17) is 21.1 Å². The number of hydrogen-bond acceptors (Lipinski definition) is 7. The van der Waals surface area contributed by atoms with Gasteiger partial charge >= 0.3 is 6.03 Å². The SMILES string of the molecule is CC.COc1c(Cl)nc(-c2ccc(NC(=O)Nc3ccncc3)cc2)nc1N1CCOCC1. The molecule has 1 saturated heterocycles. The zero-order chi connectivity index (χ0) is 23.6. The molecular formula is C23H27ClN6O3. The molecule has 1 fully saturated rings. The zero-order valence-electron chi connectivity index (χ0n) is 18.8. The van der Waals surface area contributed by atoms with Gasteiger partial charge in [0.05, 0.1) is 20.3 Å². The lowest BCUT2D eigenvalue weighted by molar-refractivity contribution is 0.122. The van der Waals surface area contributed by atoms with Gasteiger partial charge in [0.25, 0.3) is 0 Å². The van der Waals surface area contributed by atoms with Crippen molar-refractivity contribution in [2.75, 3.05) is 48.9 Å². The minimum atomic E-state index is -0.350. The Hall–Kier alpha value is -3.43. The van der Waals surface area contributed by atoms with Crippen LogP contribution >= 0.6 is 11.6 Å². The van der Waals surface area contributed by atoms with E-state index in [2.05, 4.69) is 30.5 Å². The van der Waals surface area contributed by atoms with Gasteiger partial charge in [0.15, 0.2) is 22.5 Å². The number of methoxy groups -OCH3 is 1. The lowest BCUT2D eigenvalue weighted by Gasteiger charge is -2.29. The van der Waals surface area contributed by atoms with Crippen molar-refractivity contribution >= 4 is 34.8 Å². The number of urea groups is 1. The molecule has 0 saturated carbocycles. The number of pyridine rings is 1. The third kappa shape index (κ3) is 6.30. The smallest absolute Gasteiger partial charge is 0.323 e. The van der Waals surface area contributed by atoms with E-state index in [0.717, 1.165) is 5.56 Å². The van der Waals surface area contributed by atoms with Crippen LogP contribution in [-0.4, -0.2) is 54.4 Å². The zero-order valence-corrected chi connectivity index (χ0v) is 19.6. The van der Waals surface area contributed by atoms with Crippen molar-refractivity contribution in [3.63, 3.8) is 0 Å². The lowest BCUT2D eigenvalue weighted by Crippen LogP contribution is -2.37. The van der Waals surface area contributed by atoms with E-state index in [0.29, 0.717) is 55.1 Å². The van der Waals surface area contributed by atoms with Crippen molar-refractivity contribution in [1.29, 1.82) is 0 Å². The molecule has 2 N–H and O–H groups in total. The molecule has 1 aliphatic heterocycles. The number of benzene rings is 1. The number of ether oxygens (including phenoxy) is 2. The molecule has 33 heavy (non-hydrogen) atoms. The van der Waals surface area contributed by atoms with Gasteiger partial charge < -0.3 is 25.0 Å². The maximum atomic E-state index is 12.2. The van der Waals surface area contributed by atoms with Gasteiger partial charge in [0.2, 0.25) is 0 Å². The topological polar surface area (TPSA) is 102 Å². The second-order valence-electron chi connectivity index (χ2n) is 6.69. The summed E-state index contributed by atoms with van der Waals surface area (Å²) in [5.41, 5.74) is 2.04. The highest BCUT2D eigenvalue weighted by Gasteiger charge is 2.22. The Morgan fingerprint density at radius 3 is 2.21 bits per heavy atom. The molecule has 2 amide bonds. The van der Waals surface area contributed by atoms with Crippen molar-refractivity contribution in [2.24, 2.45) is 0 Å². The number of rotatable bonds is 5. The van der Waals surface area contributed by atoms with Crippen LogP contribution < -0.4 is 20.3 Å². The van der Waals surface area contributed by atoms with E-state index in [1.807, 2.05) is 26.0 Å². The van der Waals surface area contributed by atoms with Crippen LogP contribution in [0.25, 0.3) is 11.4 Å². The molecule has 0 spiro atoms. The van der Waals surface area contributed by atoms with Crippen molar-refractivity contribution in [2.45, 2.75) is 13.8 Å². The first kappa shape index (κ1) is 24.2. The fourth-order valence-electron chi connectivity index (χ4n) is 3.14. The molecule has 4 rings (SSSR count). The van der Waals surface area contributed by atoms with Gasteiger partial charge in [-0.05, 0) is 36.4 Å². The normalized spacial score (nSPS) is 12.9. The monoisotopic (exact) mass is 470 g/mol. The highest BCUT2D eigenvalue weighted by molar-refractivity contribution is 6.31. The summed E-state index contributed by atoms with van der Waals surface area (Å²) in [7, 11) is 1.55. The minimum Gasteiger partial charge on any atom is -0.490 e. The van der Waals surface area contributed by atoms with Gasteiger partial charge in [-0.25, -0.2) is 14.8 Å². The van der Waals surface area contributed by atoms with Crippen LogP contribution in [0, 0.1) is 0 Å². The molecule has 2 aromatic heterocycles. The molecule has 0 atom stereocenters. The number of hydrogen-bond donors (Lipinski definition) is 2. The standard InChI is InChI=1S/C21H21ClN6O3.C2H6/c1-30-17-18(22)26-19(27-20(17)28-10-12-31-13-11-28)14-2-4-15(5-3-14)24-21(29)25-16-6-8-23-9-7-16;1-2/h2-9H,10-13H2,1H3,(H2,23,24,25,29);1-2H3. The Labute approximate surface area is 198 Å². The van der Waals surface area contributed by atoms with Crippen LogP contribution in [0.2, 0.25) is 5.15 Å². The number of nitrogens with zero attached hydrogens (tertiary/aromatic N) is 4. The number of halogens is 1. The molecule has 9 nitrogen and oxygen atoms in total. The molecule has 0 radical (unpaired) electrons. The summed E-state index contributed by atoms with van der Waals surface area (Å²) in [5, 5.41) is 5.76. The fourth-order valence-corrected chi connectivity index (χ4v) is 3.38. The van der Waals surface area contributed by atoms with E-state index in [9.17, 15) is 4.79 Å². The van der Waals surface area contributed by atoms with Crippen molar-refractivity contribution in [3.8, 4) is 17.1 Å². The maximum absolute atomic E-state index is 12.2. The first-order valence-electron chi connectivity index (χ1n) is 10.7. The van der Waals surface area contributed by atoms with Crippen molar-refractivity contribution in [3.05, 3.63) is 53.9 Å². The van der Waals surface area contributed by atoms with E-state index in [-0.39, 0.29) is 11.2 Å². The molecule has 1 aliphatic rings. The third-order valence-corrected chi connectivity index (χ3v) is 4.92. The predicted octanol–water partition coefficient (Wildman–Crippen LogP) is 4.71. The molecule has 0 bridgehead atoms. The van der Waals surface area contributed by atoms with E-state index >= 15 is 0 Å². The molecule has 1 aromatic carbocycles. The van der Waals surface area contributed by atoms with Crippen LogP contribution in [0.3, 0.4) is 0 Å². The number of anilines is 3. The third-order valence-electron chi connectivity index (χ3n) is 4.66. The van der Waals surface area contributed by atoms with Crippen LogP contribution in [0.1, 0.15) is 13.8 Å². The highest BCUT2D eigenvalue weighted by atomic mass is 35.5. The summed E-state index contributed by atoms with van der Waals surface area (Å²) < 4.78 is 10.9. The summed E-state index contributed by atoms with van der Waals surface area (Å²) in [4.78, 5) is 27.2. The van der Waals surface area contributed by atoms with Crippen LogP contribution in [0.5, 0.6) is 5.75 Å². The Morgan fingerprint density at radius 2 is 1.61 bits per heavy atom. The van der Waals surface area contributed by atoms with Crippen LogP contribution in [0.4, 0.5) is 22.0 Å². The van der Waals surface area contributed by atoms with Gasteiger partial charge in [-0.15, -0.1) is 0 Å². The first-order chi connectivity index (χ1) is 16.1. The Balaban J connectivity index is 0.00000149. The number of carbonyl (C=O) groups excluding carboxylic acids is 1. The molecule has 3 heterocycles. The highest BCUT2D eigenvalue weighted by Crippen LogP contribution is 2.35. The Kier molecular flexibility index (Phi) is 8.79. The minimum absolute atomic E-state index is 0.243. The van der Waals surface area contributed by atoms with Gasteiger partial charge in [0, 0.05) is 42.4 Å². The van der Waals surface area contributed by atoms with Gasteiger partial charge in [-0.3, -0.25) is 4.98 Å².